The molecule has 24 heavy (non-hydrogen) atoms. The number of oxazole rings is 1. The van der Waals surface area contributed by atoms with E-state index in [0.29, 0.717) is 18.5 Å². The summed E-state index contributed by atoms with van der Waals surface area (Å²) in [6, 6.07) is 7.58. The molecule has 0 aliphatic carbocycles. The van der Waals surface area contributed by atoms with Gasteiger partial charge in [0.05, 0.1) is 5.52 Å². The third-order valence-electron chi connectivity index (χ3n) is 4.38. The van der Waals surface area contributed by atoms with Crippen molar-refractivity contribution in [2.75, 3.05) is 19.6 Å². The molecule has 0 saturated carbocycles. The van der Waals surface area contributed by atoms with Crippen molar-refractivity contribution in [3.8, 4) is 0 Å². The van der Waals surface area contributed by atoms with Gasteiger partial charge in [0.2, 0.25) is 5.91 Å². The van der Waals surface area contributed by atoms with Crippen molar-refractivity contribution in [3.63, 3.8) is 0 Å². The van der Waals surface area contributed by atoms with Crippen molar-refractivity contribution in [1.82, 2.24) is 14.8 Å². The SMILES string of the molecule is CCCN(C(=O)CCn1c(=O)oc2ccccc21)C1CCNC1.Cl. The van der Waals surface area contributed by atoms with Gasteiger partial charge in [-0.05, 0) is 31.5 Å². The number of nitrogens with one attached hydrogen (secondary N) is 1. The van der Waals surface area contributed by atoms with Gasteiger partial charge in [-0.15, -0.1) is 12.4 Å². The number of para-hydroxylation sites is 2. The van der Waals surface area contributed by atoms with Crippen molar-refractivity contribution in [1.29, 1.82) is 0 Å². The second kappa shape index (κ2) is 8.35. The molecule has 6 nitrogen and oxygen atoms in total. The van der Waals surface area contributed by atoms with Crippen LogP contribution in [0.15, 0.2) is 33.5 Å². The summed E-state index contributed by atoms with van der Waals surface area (Å²) in [6.45, 7) is 5.03. The molecule has 1 fully saturated rings. The van der Waals surface area contributed by atoms with Gasteiger partial charge in [0.15, 0.2) is 5.58 Å². The van der Waals surface area contributed by atoms with E-state index < -0.39 is 5.76 Å². The second-order valence-corrected chi connectivity index (χ2v) is 5.97. The Morgan fingerprint density at radius 2 is 2.21 bits per heavy atom. The molecule has 0 spiro atoms. The summed E-state index contributed by atoms with van der Waals surface area (Å²) in [4.78, 5) is 26.5. The average Bonchev–Trinajstić information content (AvgIpc) is 3.17. The lowest BCUT2D eigenvalue weighted by molar-refractivity contribution is -0.133. The van der Waals surface area contributed by atoms with E-state index in [1.165, 1.54) is 0 Å². The fraction of sp³-hybridized carbons (Fsp3) is 0.529. The number of hydrogen-bond acceptors (Lipinski definition) is 4. The Morgan fingerprint density at radius 3 is 2.92 bits per heavy atom. The highest BCUT2D eigenvalue weighted by atomic mass is 35.5. The monoisotopic (exact) mass is 353 g/mol. The molecule has 3 rings (SSSR count). The largest absolute Gasteiger partial charge is 0.419 e. The molecule has 132 valence electrons. The molecule has 2 heterocycles. The number of nitrogens with zero attached hydrogens (tertiary/aromatic N) is 2. The molecule has 7 heteroatoms. The summed E-state index contributed by atoms with van der Waals surface area (Å²) in [5.41, 5.74) is 1.31. The van der Waals surface area contributed by atoms with E-state index in [0.717, 1.165) is 38.0 Å². The lowest BCUT2D eigenvalue weighted by Gasteiger charge is -2.28. The predicted octanol–water partition coefficient (Wildman–Crippen LogP) is 2.01. The zero-order chi connectivity index (χ0) is 16.2. The van der Waals surface area contributed by atoms with Gasteiger partial charge < -0.3 is 14.6 Å². The topological polar surface area (TPSA) is 67.5 Å². The maximum absolute atomic E-state index is 12.6. The molecule has 1 unspecified atom stereocenters. The summed E-state index contributed by atoms with van der Waals surface area (Å²) in [7, 11) is 0. The fourth-order valence-corrected chi connectivity index (χ4v) is 3.23. The molecule has 1 aromatic heterocycles. The Morgan fingerprint density at radius 1 is 1.42 bits per heavy atom. The number of fused-ring (bicyclic) bond motifs is 1. The third kappa shape index (κ3) is 3.82. The van der Waals surface area contributed by atoms with E-state index in [9.17, 15) is 9.59 Å². The molecular weight excluding hydrogens is 330 g/mol. The van der Waals surface area contributed by atoms with Crippen LogP contribution in [0.1, 0.15) is 26.2 Å². The van der Waals surface area contributed by atoms with Gasteiger partial charge in [0.1, 0.15) is 0 Å². The van der Waals surface area contributed by atoms with Crippen LogP contribution in [-0.4, -0.2) is 41.1 Å². The van der Waals surface area contributed by atoms with Gasteiger partial charge in [-0.25, -0.2) is 4.79 Å². The van der Waals surface area contributed by atoms with E-state index in [-0.39, 0.29) is 24.4 Å². The number of aromatic nitrogens is 1. The van der Waals surface area contributed by atoms with Crippen LogP contribution < -0.4 is 11.1 Å². The Hall–Kier alpha value is -1.79. The molecule has 0 bridgehead atoms. The maximum atomic E-state index is 12.6. The van der Waals surface area contributed by atoms with Gasteiger partial charge >= 0.3 is 5.76 Å². The van der Waals surface area contributed by atoms with E-state index in [2.05, 4.69) is 12.2 Å². The Bertz CT molecular complexity index is 734. The minimum absolute atomic E-state index is 0. The minimum atomic E-state index is -0.399. The van der Waals surface area contributed by atoms with Crippen molar-refractivity contribution in [2.45, 2.75) is 38.8 Å². The molecule has 1 saturated heterocycles. The van der Waals surface area contributed by atoms with Crippen LogP contribution in [-0.2, 0) is 11.3 Å². The molecule has 1 aromatic carbocycles. The van der Waals surface area contributed by atoms with Crippen molar-refractivity contribution in [3.05, 3.63) is 34.8 Å². The number of rotatable bonds is 6. The Balaban J connectivity index is 0.00000208. The quantitative estimate of drug-likeness (QED) is 0.862. The van der Waals surface area contributed by atoms with Crippen LogP contribution in [0.25, 0.3) is 11.1 Å². The number of carbonyl (C=O) groups excluding carboxylic acids is 1. The smallest absolute Gasteiger partial charge is 0.408 e. The highest BCUT2D eigenvalue weighted by Gasteiger charge is 2.25. The van der Waals surface area contributed by atoms with Crippen molar-refractivity contribution in [2.24, 2.45) is 0 Å². The molecule has 1 N–H and O–H groups in total. The van der Waals surface area contributed by atoms with Crippen LogP contribution in [0.2, 0.25) is 0 Å². The number of hydrogen-bond donors (Lipinski definition) is 1. The number of halogens is 1. The van der Waals surface area contributed by atoms with E-state index in [4.69, 9.17) is 4.42 Å². The summed E-state index contributed by atoms with van der Waals surface area (Å²) in [5, 5.41) is 3.30. The number of carbonyl (C=O) groups is 1. The maximum Gasteiger partial charge on any atom is 0.419 e. The zero-order valence-corrected chi connectivity index (χ0v) is 14.7. The van der Waals surface area contributed by atoms with Crippen LogP contribution >= 0.6 is 12.4 Å². The van der Waals surface area contributed by atoms with Crippen molar-refractivity contribution >= 4 is 29.4 Å². The first-order valence-corrected chi connectivity index (χ1v) is 8.29. The van der Waals surface area contributed by atoms with Gasteiger partial charge in [-0.2, -0.15) is 0 Å². The lowest BCUT2D eigenvalue weighted by atomic mass is 10.2. The number of benzene rings is 1. The first-order chi connectivity index (χ1) is 11.2. The predicted molar refractivity (Wildman–Crippen MR) is 95.6 cm³/mol. The molecule has 2 aromatic rings. The molecule has 1 atom stereocenters. The first-order valence-electron chi connectivity index (χ1n) is 8.29. The van der Waals surface area contributed by atoms with Crippen LogP contribution in [0.4, 0.5) is 0 Å². The standard InChI is InChI=1S/C17H23N3O3.ClH/c1-2-10-19(13-7-9-18-12-13)16(21)8-11-20-14-5-3-4-6-15(14)23-17(20)22;/h3-6,13,18H,2,7-12H2,1H3;1H. The summed E-state index contributed by atoms with van der Waals surface area (Å²) in [5.74, 6) is -0.290. The van der Waals surface area contributed by atoms with E-state index in [1.807, 2.05) is 23.1 Å². The minimum Gasteiger partial charge on any atom is -0.408 e. The first kappa shape index (κ1) is 18.5. The Kier molecular flexibility index (Phi) is 6.45. The summed E-state index contributed by atoms with van der Waals surface area (Å²) >= 11 is 0. The average molecular weight is 354 g/mol. The van der Waals surface area contributed by atoms with Gasteiger partial charge in [0.25, 0.3) is 0 Å². The normalized spacial score (nSPS) is 17.0. The molecule has 1 aliphatic heterocycles. The lowest BCUT2D eigenvalue weighted by Crippen LogP contribution is -2.42. The second-order valence-electron chi connectivity index (χ2n) is 5.97. The van der Waals surface area contributed by atoms with Crippen molar-refractivity contribution < 1.29 is 9.21 Å². The van der Waals surface area contributed by atoms with Gasteiger partial charge in [0, 0.05) is 32.1 Å². The highest BCUT2D eigenvalue weighted by molar-refractivity contribution is 5.85. The zero-order valence-electron chi connectivity index (χ0n) is 13.9. The molecule has 0 radical (unpaired) electrons. The third-order valence-corrected chi connectivity index (χ3v) is 4.38. The molecule has 1 aliphatic rings. The summed E-state index contributed by atoms with van der Waals surface area (Å²) < 4.78 is 6.76. The number of aryl methyl sites for hydroxylation is 1. The summed E-state index contributed by atoms with van der Waals surface area (Å²) in [6.07, 6.45) is 2.26. The Labute approximate surface area is 147 Å². The molecule has 1 amide bonds. The van der Waals surface area contributed by atoms with Gasteiger partial charge in [-0.3, -0.25) is 9.36 Å². The van der Waals surface area contributed by atoms with Crippen LogP contribution in [0.5, 0.6) is 0 Å². The highest BCUT2D eigenvalue weighted by Crippen LogP contribution is 2.14. The van der Waals surface area contributed by atoms with E-state index >= 15 is 0 Å². The number of amides is 1. The van der Waals surface area contributed by atoms with Crippen LogP contribution in [0.3, 0.4) is 0 Å². The van der Waals surface area contributed by atoms with Crippen LogP contribution in [0, 0.1) is 0 Å². The fourth-order valence-electron chi connectivity index (χ4n) is 3.23. The van der Waals surface area contributed by atoms with E-state index in [1.54, 1.807) is 10.6 Å². The molecular formula is C17H24ClN3O3. The van der Waals surface area contributed by atoms with Gasteiger partial charge in [-0.1, -0.05) is 19.1 Å².